The molecule has 0 spiro atoms. The van der Waals surface area contributed by atoms with Gasteiger partial charge in [0.2, 0.25) is 0 Å². The van der Waals surface area contributed by atoms with Gasteiger partial charge < -0.3 is 9.72 Å². The van der Waals surface area contributed by atoms with Crippen LogP contribution >= 0.6 is 11.6 Å². The minimum absolute atomic E-state index is 0.468. The summed E-state index contributed by atoms with van der Waals surface area (Å²) in [6.07, 6.45) is 7.92. The van der Waals surface area contributed by atoms with Crippen LogP contribution in [0.5, 0.6) is 5.75 Å². The molecule has 1 aliphatic carbocycles. The second-order valence-electron chi connectivity index (χ2n) is 7.45. The molecular weight excluding hydrogens is 356 g/mol. The minimum atomic E-state index is 0.468. The van der Waals surface area contributed by atoms with E-state index in [1.165, 1.54) is 34.1 Å². The fraction of sp³-hybridized carbons (Fsp3) is 0.304. The molecule has 0 bridgehead atoms. The quantitative estimate of drug-likeness (QED) is 0.641. The summed E-state index contributed by atoms with van der Waals surface area (Å²) < 4.78 is 5.66. The summed E-state index contributed by atoms with van der Waals surface area (Å²) in [6.45, 7) is 2.06. The van der Waals surface area contributed by atoms with Crippen LogP contribution in [0.1, 0.15) is 35.6 Å². The van der Waals surface area contributed by atoms with Gasteiger partial charge in [-0.05, 0) is 48.6 Å². The van der Waals surface area contributed by atoms with Crippen molar-refractivity contribution in [1.29, 1.82) is 0 Å². The highest BCUT2D eigenvalue weighted by Gasteiger charge is 2.31. The molecule has 3 aromatic rings. The highest BCUT2D eigenvalue weighted by molar-refractivity contribution is 6.31. The predicted octanol–water partition coefficient (Wildman–Crippen LogP) is 5.61. The summed E-state index contributed by atoms with van der Waals surface area (Å²) in [7, 11) is 1.78. The fourth-order valence-corrected chi connectivity index (χ4v) is 4.91. The molecule has 3 nitrogen and oxygen atoms in total. The second kappa shape index (κ2) is 6.74. The number of halogens is 1. The van der Waals surface area contributed by atoms with Crippen molar-refractivity contribution < 1.29 is 4.74 Å². The molecule has 1 aromatic heterocycles. The van der Waals surface area contributed by atoms with Gasteiger partial charge in [0.15, 0.2) is 0 Å². The molecule has 2 aliphatic rings. The average Bonchev–Trinajstić information content (AvgIpc) is 3.32. The monoisotopic (exact) mass is 378 g/mol. The Morgan fingerprint density at radius 1 is 1.19 bits per heavy atom. The molecule has 0 amide bonds. The Labute approximate surface area is 164 Å². The van der Waals surface area contributed by atoms with E-state index in [0.717, 1.165) is 42.2 Å². The van der Waals surface area contributed by atoms with Gasteiger partial charge in [-0.15, -0.1) is 0 Å². The van der Waals surface area contributed by atoms with E-state index in [9.17, 15) is 0 Å². The van der Waals surface area contributed by atoms with Gasteiger partial charge in [-0.3, -0.25) is 4.90 Å². The lowest BCUT2D eigenvalue weighted by atomic mass is 9.97. The van der Waals surface area contributed by atoms with Crippen LogP contribution in [0.3, 0.4) is 0 Å². The summed E-state index contributed by atoms with van der Waals surface area (Å²) in [6, 6.07) is 13.0. The highest BCUT2D eigenvalue weighted by atomic mass is 35.5. The highest BCUT2D eigenvalue weighted by Crippen LogP contribution is 2.43. The molecule has 1 aliphatic heterocycles. The van der Waals surface area contributed by atoms with E-state index in [2.05, 4.69) is 46.4 Å². The number of benzene rings is 2. The Morgan fingerprint density at radius 2 is 2.11 bits per heavy atom. The number of methoxy groups -OCH3 is 1. The van der Waals surface area contributed by atoms with Crippen LogP contribution < -0.4 is 4.74 Å². The van der Waals surface area contributed by atoms with E-state index in [1.54, 1.807) is 7.11 Å². The third-order valence-electron chi connectivity index (χ3n) is 6.07. The van der Waals surface area contributed by atoms with Crippen molar-refractivity contribution in [3.63, 3.8) is 0 Å². The van der Waals surface area contributed by atoms with Crippen molar-refractivity contribution in [3.8, 4) is 5.75 Å². The smallest absolute Gasteiger partial charge is 0.123 e. The van der Waals surface area contributed by atoms with Crippen LogP contribution in [-0.4, -0.2) is 30.1 Å². The molecule has 0 radical (unpaired) electrons. The first-order valence-electron chi connectivity index (χ1n) is 9.60. The van der Waals surface area contributed by atoms with Crippen molar-refractivity contribution >= 4 is 28.1 Å². The molecule has 1 atom stereocenters. The normalized spacial score (nSPS) is 19.9. The first-order chi connectivity index (χ1) is 13.2. The van der Waals surface area contributed by atoms with Crippen LogP contribution in [0.4, 0.5) is 0 Å². The lowest BCUT2D eigenvalue weighted by Gasteiger charge is -2.32. The number of nitrogens with zero attached hydrogens (tertiary/aromatic N) is 1. The number of aryl methyl sites for hydroxylation is 1. The number of hydrogen-bond donors (Lipinski definition) is 1. The molecule has 5 rings (SSSR count). The number of rotatable bonds is 3. The van der Waals surface area contributed by atoms with E-state index in [0.29, 0.717) is 6.04 Å². The molecule has 0 saturated heterocycles. The molecule has 0 fully saturated rings. The van der Waals surface area contributed by atoms with Crippen molar-refractivity contribution in [2.24, 2.45) is 0 Å². The van der Waals surface area contributed by atoms with Gasteiger partial charge in [-0.25, -0.2) is 0 Å². The van der Waals surface area contributed by atoms with E-state index in [1.807, 2.05) is 12.1 Å². The first-order valence-corrected chi connectivity index (χ1v) is 9.98. The summed E-state index contributed by atoms with van der Waals surface area (Å²) in [5.74, 6) is 1.04. The van der Waals surface area contributed by atoms with Gasteiger partial charge in [0.25, 0.3) is 0 Å². The third-order valence-corrected chi connectivity index (χ3v) is 6.30. The van der Waals surface area contributed by atoms with Crippen LogP contribution in [0.2, 0.25) is 5.02 Å². The number of H-pyrrole nitrogens is 1. The molecule has 27 heavy (non-hydrogen) atoms. The Bertz CT molecular complexity index is 1040. The molecule has 0 saturated carbocycles. The minimum Gasteiger partial charge on any atom is -0.496 e. The lowest BCUT2D eigenvalue weighted by Crippen LogP contribution is -2.31. The number of aromatic amines is 1. The zero-order chi connectivity index (χ0) is 18.4. The zero-order valence-electron chi connectivity index (χ0n) is 15.5. The standard InChI is InChI=1S/C23H23ClN2O/c1-27-22-4-2-3-16-5-8-21(23(16)22)26-11-9-15(10-12-26)19-14-25-20-13-17(24)6-7-18(19)20/h2-4,6-7,9,13-14,21,25H,5,8,10-12H2,1H3. The SMILES string of the molecule is COc1cccc2c1C(N1CC=C(c3c[nH]c4cc(Cl)ccc34)CC1)CC2. The van der Waals surface area contributed by atoms with Crippen molar-refractivity contribution in [2.45, 2.75) is 25.3 Å². The number of aromatic nitrogens is 1. The van der Waals surface area contributed by atoms with Gasteiger partial charge >= 0.3 is 0 Å². The predicted molar refractivity (Wildman–Crippen MR) is 112 cm³/mol. The van der Waals surface area contributed by atoms with Crippen LogP contribution in [-0.2, 0) is 6.42 Å². The van der Waals surface area contributed by atoms with Gasteiger partial charge in [-0.1, -0.05) is 35.9 Å². The van der Waals surface area contributed by atoms with Gasteiger partial charge in [0, 0.05) is 52.4 Å². The fourth-order valence-electron chi connectivity index (χ4n) is 4.74. The maximum absolute atomic E-state index is 6.12. The number of fused-ring (bicyclic) bond motifs is 2. The summed E-state index contributed by atoms with van der Waals surface area (Å²) in [5, 5.41) is 2.03. The number of ether oxygens (including phenoxy) is 1. The molecule has 1 unspecified atom stereocenters. The first kappa shape index (κ1) is 16.9. The van der Waals surface area contributed by atoms with Crippen molar-refractivity contribution in [2.75, 3.05) is 20.2 Å². The lowest BCUT2D eigenvalue weighted by molar-refractivity contribution is 0.214. The molecule has 2 aromatic carbocycles. The maximum atomic E-state index is 6.12. The zero-order valence-corrected chi connectivity index (χ0v) is 16.2. The van der Waals surface area contributed by atoms with E-state index in [-0.39, 0.29) is 0 Å². The van der Waals surface area contributed by atoms with Gasteiger partial charge in [-0.2, -0.15) is 0 Å². The van der Waals surface area contributed by atoms with E-state index in [4.69, 9.17) is 16.3 Å². The Kier molecular flexibility index (Phi) is 4.22. The molecule has 1 N–H and O–H groups in total. The maximum Gasteiger partial charge on any atom is 0.123 e. The number of nitrogens with one attached hydrogen (secondary N) is 1. The number of hydrogen-bond acceptors (Lipinski definition) is 2. The van der Waals surface area contributed by atoms with E-state index < -0.39 is 0 Å². The van der Waals surface area contributed by atoms with Gasteiger partial charge in [0.1, 0.15) is 5.75 Å². The van der Waals surface area contributed by atoms with Crippen LogP contribution in [0.25, 0.3) is 16.5 Å². The van der Waals surface area contributed by atoms with E-state index >= 15 is 0 Å². The van der Waals surface area contributed by atoms with Crippen molar-refractivity contribution in [3.05, 3.63) is 70.4 Å². The third kappa shape index (κ3) is 2.86. The van der Waals surface area contributed by atoms with Gasteiger partial charge in [0.05, 0.1) is 7.11 Å². The Hall–Kier alpha value is -2.23. The molecule has 138 valence electrons. The molecule has 2 heterocycles. The summed E-state index contributed by atoms with van der Waals surface area (Å²) in [5.41, 5.74) is 6.69. The molecular formula is C23H23ClN2O. The Balaban J connectivity index is 1.41. The summed E-state index contributed by atoms with van der Waals surface area (Å²) in [4.78, 5) is 5.97. The average molecular weight is 379 g/mol. The Morgan fingerprint density at radius 3 is 2.93 bits per heavy atom. The van der Waals surface area contributed by atoms with Crippen LogP contribution in [0, 0.1) is 0 Å². The second-order valence-corrected chi connectivity index (χ2v) is 7.89. The topological polar surface area (TPSA) is 28.3 Å². The molecule has 4 heteroatoms. The van der Waals surface area contributed by atoms with Crippen molar-refractivity contribution in [1.82, 2.24) is 9.88 Å². The summed E-state index contributed by atoms with van der Waals surface area (Å²) >= 11 is 6.12. The largest absolute Gasteiger partial charge is 0.496 e. The van der Waals surface area contributed by atoms with Crippen LogP contribution in [0.15, 0.2) is 48.7 Å².